The summed E-state index contributed by atoms with van der Waals surface area (Å²) >= 11 is 0. The van der Waals surface area contributed by atoms with E-state index in [1.54, 1.807) is 43.3 Å². The van der Waals surface area contributed by atoms with Crippen LogP contribution in [0.2, 0.25) is 0 Å². The minimum absolute atomic E-state index is 0.0892. The van der Waals surface area contributed by atoms with Crippen LogP contribution in [0.3, 0.4) is 0 Å². The molecule has 0 aromatic heterocycles. The van der Waals surface area contributed by atoms with E-state index in [9.17, 15) is 14.4 Å². The highest BCUT2D eigenvalue weighted by Crippen LogP contribution is 2.13. The first-order valence-electron chi connectivity index (χ1n) is 10.3. The Morgan fingerprint density at radius 1 is 0.871 bits per heavy atom. The molecule has 3 amide bonds. The highest BCUT2D eigenvalue weighted by atomic mass is 16.2. The maximum absolute atomic E-state index is 12.2. The van der Waals surface area contributed by atoms with Crippen molar-refractivity contribution in [2.75, 3.05) is 31.3 Å². The molecule has 0 unspecified atom stereocenters. The number of nitrogens with zero attached hydrogens (tertiary/aromatic N) is 1. The summed E-state index contributed by atoms with van der Waals surface area (Å²) in [6.07, 6.45) is 1.12. The van der Waals surface area contributed by atoms with Crippen molar-refractivity contribution in [2.45, 2.75) is 39.2 Å². The zero-order valence-corrected chi connectivity index (χ0v) is 18.9. The Morgan fingerprint density at radius 2 is 1.45 bits per heavy atom. The predicted molar refractivity (Wildman–Crippen MR) is 124 cm³/mol. The first-order chi connectivity index (χ1) is 14.5. The molecule has 3 N–H and O–H groups in total. The van der Waals surface area contributed by atoms with Crippen molar-refractivity contribution in [3.63, 3.8) is 0 Å². The molecule has 0 radical (unpaired) electrons. The van der Waals surface area contributed by atoms with Crippen molar-refractivity contribution in [1.29, 1.82) is 0 Å². The summed E-state index contributed by atoms with van der Waals surface area (Å²) < 4.78 is 0. The number of nitrogens with one attached hydrogen (secondary N) is 3. The number of hydrogen-bond acceptors (Lipinski definition) is 4. The third kappa shape index (κ3) is 8.50. The van der Waals surface area contributed by atoms with Gasteiger partial charge in [0.25, 0.3) is 5.91 Å². The van der Waals surface area contributed by atoms with Crippen LogP contribution >= 0.6 is 0 Å². The highest BCUT2D eigenvalue weighted by molar-refractivity contribution is 5.95. The van der Waals surface area contributed by atoms with Crippen LogP contribution in [0.5, 0.6) is 0 Å². The molecule has 0 bridgehead atoms. The van der Waals surface area contributed by atoms with Gasteiger partial charge in [-0.05, 0) is 69.2 Å². The molecule has 2 rings (SSSR count). The van der Waals surface area contributed by atoms with Gasteiger partial charge in [-0.25, -0.2) is 0 Å². The van der Waals surface area contributed by atoms with Gasteiger partial charge in [-0.2, -0.15) is 0 Å². The molecule has 0 atom stereocenters. The van der Waals surface area contributed by atoms with Gasteiger partial charge in [0.05, 0.1) is 6.54 Å². The Hall–Kier alpha value is -3.35. The van der Waals surface area contributed by atoms with Crippen LogP contribution in [0, 0.1) is 0 Å². The quantitative estimate of drug-likeness (QED) is 0.607. The molecule has 166 valence electrons. The van der Waals surface area contributed by atoms with Crippen molar-refractivity contribution >= 4 is 29.1 Å². The van der Waals surface area contributed by atoms with E-state index in [1.165, 1.54) is 0 Å². The van der Waals surface area contributed by atoms with Gasteiger partial charge in [-0.3, -0.25) is 14.4 Å². The second kappa shape index (κ2) is 10.6. The molecule has 0 saturated heterocycles. The summed E-state index contributed by atoms with van der Waals surface area (Å²) in [4.78, 5) is 37.6. The van der Waals surface area contributed by atoms with E-state index in [4.69, 9.17) is 0 Å². The van der Waals surface area contributed by atoms with E-state index in [1.807, 2.05) is 45.0 Å². The van der Waals surface area contributed by atoms with E-state index in [0.717, 1.165) is 11.3 Å². The average Bonchev–Trinajstić information content (AvgIpc) is 2.70. The molecule has 0 aliphatic carbocycles. The fraction of sp³-hybridized carbons (Fsp3) is 0.375. The van der Waals surface area contributed by atoms with Crippen LogP contribution in [0.25, 0.3) is 0 Å². The van der Waals surface area contributed by atoms with Crippen LogP contribution in [-0.4, -0.2) is 48.8 Å². The fourth-order valence-electron chi connectivity index (χ4n) is 2.77. The van der Waals surface area contributed by atoms with Gasteiger partial charge >= 0.3 is 0 Å². The molecule has 31 heavy (non-hydrogen) atoms. The minimum Gasteiger partial charge on any atom is -0.376 e. The van der Waals surface area contributed by atoms with Gasteiger partial charge in [-0.1, -0.05) is 12.1 Å². The monoisotopic (exact) mass is 424 g/mol. The van der Waals surface area contributed by atoms with E-state index < -0.39 is 0 Å². The molecule has 2 aromatic carbocycles. The molecule has 0 fully saturated rings. The SMILES string of the molecule is CN(C)C(=O)CCc1ccc(NC(=O)CNc2ccc(C(=O)NC(C)(C)C)cc2)cc1. The zero-order chi connectivity index (χ0) is 23.0. The Labute approximate surface area is 184 Å². The largest absolute Gasteiger partial charge is 0.376 e. The first kappa shape index (κ1) is 23.9. The fourth-order valence-corrected chi connectivity index (χ4v) is 2.77. The predicted octanol–water partition coefficient (Wildman–Crippen LogP) is 3.29. The van der Waals surface area contributed by atoms with Crippen molar-refractivity contribution in [2.24, 2.45) is 0 Å². The number of carbonyl (C=O) groups excluding carboxylic acids is 3. The van der Waals surface area contributed by atoms with Gasteiger partial charge in [0, 0.05) is 43.0 Å². The third-order valence-electron chi connectivity index (χ3n) is 4.45. The van der Waals surface area contributed by atoms with E-state index in [-0.39, 0.29) is 29.8 Å². The lowest BCUT2D eigenvalue weighted by atomic mass is 10.1. The van der Waals surface area contributed by atoms with Gasteiger partial charge < -0.3 is 20.9 Å². The summed E-state index contributed by atoms with van der Waals surface area (Å²) in [7, 11) is 3.49. The molecule has 0 aliphatic heterocycles. The van der Waals surface area contributed by atoms with Crippen molar-refractivity contribution in [3.8, 4) is 0 Å². The van der Waals surface area contributed by atoms with Gasteiger partial charge in [0.1, 0.15) is 0 Å². The second-order valence-corrected chi connectivity index (χ2v) is 8.67. The Bertz CT molecular complexity index is 898. The summed E-state index contributed by atoms with van der Waals surface area (Å²) in [5.41, 5.74) is 2.76. The van der Waals surface area contributed by atoms with Gasteiger partial charge in [0.15, 0.2) is 0 Å². The minimum atomic E-state index is -0.298. The average molecular weight is 425 g/mol. The lowest BCUT2D eigenvalue weighted by Gasteiger charge is -2.20. The number of amides is 3. The van der Waals surface area contributed by atoms with Crippen molar-refractivity contribution in [3.05, 3.63) is 59.7 Å². The van der Waals surface area contributed by atoms with E-state index >= 15 is 0 Å². The molecular weight excluding hydrogens is 392 g/mol. The van der Waals surface area contributed by atoms with Gasteiger partial charge in [0.2, 0.25) is 11.8 Å². The molecule has 2 aromatic rings. The number of carbonyl (C=O) groups is 3. The number of aryl methyl sites for hydroxylation is 1. The molecule has 0 saturated carbocycles. The van der Waals surface area contributed by atoms with E-state index in [0.29, 0.717) is 24.1 Å². The number of benzene rings is 2. The molecule has 0 aliphatic rings. The smallest absolute Gasteiger partial charge is 0.251 e. The summed E-state index contributed by atoms with van der Waals surface area (Å²) in [6.45, 7) is 5.89. The zero-order valence-electron chi connectivity index (χ0n) is 18.9. The van der Waals surface area contributed by atoms with Crippen LogP contribution in [0.15, 0.2) is 48.5 Å². The molecule has 0 spiro atoms. The highest BCUT2D eigenvalue weighted by Gasteiger charge is 2.15. The number of anilines is 2. The normalized spacial score (nSPS) is 10.9. The lowest BCUT2D eigenvalue weighted by molar-refractivity contribution is -0.128. The maximum atomic E-state index is 12.2. The topological polar surface area (TPSA) is 90.5 Å². The van der Waals surface area contributed by atoms with Crippen LogP contribution in [0.4, 0.5) is 11.4 Å². The summed E-state index contributed by atoms with van der Waals surface area (Å²) in [5.74, 6) is -0.220. The van der Waals surface area contributed by atoms with Crippen LogP contribution in [0.1, 0.15) is 43.1 Å². The lowest BCUT2D eigenvalue weighted by Crippen LogP contribution is -2.40. The second-order valence-electron chi connectivity index (χ2n) is 8.67. The number of rotatable bonds is 8. The van der Waals surface area contributed by atoms with Crippen LogP contribution < -0.4 is 16.0 Å². The molecule has 7 heteroatoms. The maximum Gasteiger partial charge on any atom is 0.251 e. The summed E-state index contributed by atoms with van der Waals surface area (Å²) in [6, 6.07) is 14.5. The van der Waals surface area contributed by atoms with Crippen molar-refractivity contribution in [1.82, 2.24) is 10.2 Å². The first-order valence-corrected chi connectivity index (χ1v) is 10.3. The standard InChI is InChI=1S/C24H32N4O3/c1-24(2,3)27-23(31)18-9-13-19(14-10-18)25-16-21(29)26-20-11-6-17(7-12-20)8-15-22(30)28(4)5/h6-7,9-14,25H,8,15-16H2,1-5H3,(H,26,29)(H,27,31). The Kier molecular flexibility index (Phi) is 8.19. The Balaban J connectivity index is 1.80. The molecule has 0 heterocycles. The van der Waals surface area contributed by atoms with Crippen LogP contribution in [-0.2, 0) is 16.0 Å². The summed E-state index contributed by atoms with van der Waals surface area (Å²) in [5, 5.41) is 8.80. The Morgan fingerprint density at radius 3 is 2.00 bits per heavy atom. The molecular formula is C24H32N4O3. The van der Waals surface area contributed by atoms with Crippen molar-refractivity contribution < 1.29 is 14.4 Å². The molecule has 7 nitrogen and oxygen atoms in total. The van der Waals surface area contributed by atoms with Gasteiger partial charge in [-0.15, -0.1) is 0 Å². The number of hydrogen-bond donors (Lipinski definition) is 3. The van der Waals surface area contributed by atoms with E-state index in [2.05, 4.69) is 16.0 Å². The third-order valence-corrected chi connectivity index (χ3v) is 4.45.